The molecule has 0 amide bonds. The average Bonchev–Trinajstić information content (AvgIpc) is 2.38. The van der Waals surface area contributed by atoms with Crippen molar-refractivity contribution in [1.82, 2.24) is 0 Å². The van der Waals surface area contributed by atoms with Gasteiger partial charge in [-0.05, 0) is 26.8 Å². The maximum absolute atomic E-state index is 11.3. The fraction of sp³-hybridized carbons (Fsp3) is 0.462. The number of nitro benzene ring substituents is 1. The van der Waals surface area contributed by atoms with Gasteiger partial charge >= 0.3 is 11.7 Å². The Labute approximate surface area is 116 Å². The molecule has 0 heterocycles. The van der Waals surface area contributed by atoms with Gasteiger partial charge in [-0.3, -0.25) is 10.1 Å². The van der Waals surface area contributed by atoms with Gasteiger partial charge in [-0.2, -0.15) is 0 Å². The molecule has 1 N–H and O–H groups in total. The molecule has 0 aliphatic rings. The van der Waals surface area contributed by atoms with Crippen LogP contribution in [0.2, 0.25) is 0 Å². The largest absolute Gasteiger partial charge is 0.490 e. The van der Waals surface area contributed by atoms with Crippen molar-refractivity contribution in [1.29, 1.82) is 0 Å². The summed E-state index contributed by atoms with van der Waals surface area (Å²) < 4.78 is 5.00. The first-order chi connectivity index (χ1) is 9.25. The molecule has 7 nitrogen and oxygen atoms in total. The first-order valence-electron chi connectivity index (χ1n) is 6.09. The minimum absolute atomic E-state index is 0.104. The number of nitro groups is 1. The highest BCUT2D eigenvalue weighted by Gasteiger charge is 2.34. The number of carboxylic acid groups (broad SMARTS) is 1. The van der Waals surface area contributed by atoms with Gasteiger partial charge in [-0.25, -0.2) is 4.79 Å². The van der Waals surface area contributed by atoms with Crippen LogP contribution in [0.3, 0.4) is 0 Å². The summed E-state index contributed by atoms with van der Waals surface area (Å²) in [7, 11) is 1.34. The van der Waals surface area contributed by atoms with E-state index in [1.165, 1.54) is 25.3 Å². The van der Waals surface area contributed by atoms with Crippen molar-refractivity contribution in [2.75, 3.05) is 18.6 Å². The van der Waals surface area contributed by atoms with Gasteiger partial charge < -0.3 is 14.7 Å². The quantitative estimate of drug-likeness (QED) is 0.635. The van der Waals surface area contributed by atoms with Gasteiger partial charge in [0.05, 0.1) is 12.0 Å². The molecule has 0 spiro atoms. The number of carboxylic acids is 1. The Kier molecular flexibility index (Phi) is 4.54. The summed E-state index contributed by atoms with van der Waals surface area (Å²) in [5, 5.41) is 20.1. The molecule has 0 aliphatic carbocycles. The van der Waals surface area contributed by atoms with Crippen molar-refractivity contribution in [2.24, 2.45) is 0 Å². The van der Waals surface area contributed by atoms with Crippen molar-refractivity contribution < 1.29 is 19.6 Å². The first kappa shape index (κ1) is 15.7. The minimum Gasteiger partial charge on any atom is -0.490 e. The van der Waals surface area contributed by atoms with E-state index in [9.17, 15) is 20.0 Å². The molecule has 1 aromatic carbocycles. The molecule has 0 bridgehead atoms. The summed E-state index contributed by atoms with van der Waals surface area (Å²) in [6.45, 7) is 5.41. The lowest BCUT2D eigenvalue weighted by Gasteiger charge is -2.36. The third-order valence-corrected chi connectivity index (χ3v) is 3.19. The lowest BCUT2D eigenvalue weighted by Crippen LogP contribution is -2.50. The number of carbonyl (C=O) groups is 1. The molecule has 0 aromatic heterocycles. The van der Waals surface area contributed by atoms with Crippen molar-refractivity contribution in [3.63, 3.8) is 0 Å². The van der Waals surface area contributed by atoms with Gasteiger partial charge in [0.15, 0.2) is 5.75 Å². The number of methoxy groups -OCH3 is 1. The van der Waals surface area contributed by atoms with E-state index in [0.717, 1.165) is 0 Å². The summed E-state index contributed by atoms with van der Waals surface area (Å²) >= 11 is 0. The number of hydrogen-bond donors (Lipinski definition) is 1. The second kappa shape index (κ2) is 5.77. The van der Waals surface area contributed by atoms with E-state index in [1.807, 2.05) is 6.92 Å². The number of benzene rings is 1. The van der Waals surface area contributed by atoms with E-state index in [1.54, 1.807) is 18.7 Å². The molecule has 0 unspecified atom stereocenters. The molecule has 0 radical (unpaired) electrons. The third kappa shape index (κ3) is 2.81. The van der Waals surface area contributed by atoms with Gasteiger partial charge in [-0.1, -0.05) is 0 Å². The Morgan fingerprint density at radius 3 is 2.50 bits per heavy atom. The van der Waals surface area contributed by atoms with Crippen molar-refractivity contribution in [3.05, 3.63) is 28.3 Å². The van der Waals surface area contributed by atoms with Crippen LogP contribution in [0, 0.1) is 10.1 Å². The molecular weight excluding hydrogens is 264 g/mol. The molecule has 0 saturated carbocycles. The van der Waals surface area contributed by atoms with Crippen molar-refractivity contribution >= 4 is 17.3 Å². The average molecular weight is 282 g/mol. The Morgan fingerprint density at radius 1 is 1.50 bits per heavy atom. The zero-order valence-electron chi connectivity index (χ0n) is 11.9. The molecule has 0 fully saturated rings. The first-order valence-corrected chi connectivity index (χ1v) is 6.09. The Balaban J connectivity index is 3.31. The van der Waals surface area contributed by atoms with Crippen molar-refractivity contribution in [3.8, 4) is 5.75 Å². The molecule has 0 saturated heterocycles. The van der Waals surface area contributed by atoms with Crippen LogP contribution < -0.4 is 9.64 Å². The third-order valence-electron chi connectivity index (χ3n) is 3.19. The lowest BCUT2D eigenvalue weighted by molar-refractivity contribution is -0.385. The maximum Gasteiger partial charge on any atom is 0.328 e. The van der Waals surface area contributed by atoms with Gasteiger partial charge in [0.25, 0.3) is 0 Å². The molecule has 0 atom stereocenters. The smallest absolute Gasteiger partial charge is 0.328 e. The van der Waals surface area contributed by atoms with Crippen LogP contribution >= 0.6 is 0 Å². The summed E-state index contributed by atoms with van der Waals surface area (Å²) in [5.74, 6) is -0.871. The van der Waals surface area contributed by atoms with Crippen molar-refractivity contribution in [2.45, 2.75) is 26.3 Å². The molecule has 110 valence electrons. The number of rotatable bonds is 6. The highest BCUT2D eigenvalue weighted by atomic mass is 16.6. The fourth-order valence-corrected chi connectivity index (χ4v) is 2.00. The minimum atomic E-state index is -1.13. The van der Waals surface area contributed by atoms with Crippen LogP contribution in [0.25, 0.3) is 0 Å². The normalized spacial score (nSPS) is 11.0. The molecule has 1 rings (SSSR count). The second-order valence-corrected chi connectivity index (χ2v) is 4.72. The molecule has 1 aromatic rings. The molecule has 0 aliphatic heterocycles. The SMILES string of the molecule is CCN(c1ccc([N+](=O)[O-])c(OC)c1)C(C)(C)C(=O)O. The van der Waals surface area contributed by atoms with Crippen LogP contribution in [0.4, 0.5) is 11.4 Å². The van der Waals surface area contributed by atoms with E-state index >= 15 is 0 Å². The maximum atomic E-state index is 11.3. The van der Waals surface area contributed by atoms with Crippen LogP contribution in [0.1, 0.15) is 20.8 Å². The Morgan fingerprint density at radius 2 is 2.10 bits per heavy atom. The van der Waals surface area contributed by atoms with E-state index < -0.39 is 16.4 Å². The van der Waals surface area contributed by atoms with Crippen LogP contribution in [-0.2, 0) is 4.79 Å². The summed E-state index contributed by atoms with van der Waals surface area (Å²) in [5.41, 5.74) is -0.724. The second-order valence-electron chi connectivity index (χ2n) is 4.72. The van der Waals surface area contributed by atoms with E-state index in [4.69, 9.17) is 4.74 Å². The number of aliphatic carboxylic acids is 1. The summed E-state index contributed by atoms with van der Waals surface area (Å²) in [6, 6.07) is 4.32. The highest BCUT2D eigenvalue weighted by molar-refractivity contribution is 5.83. The predicted octanol–water partition coefficient (Wildman–Crippen LogP) is 2.29. The number of hydrogen-bond acceptors (Lipinski definition) is 5. The van der Waals surface area contributed by atoms with E-state index in [0.29, 0.717) is 12.2 Å². The number of ether oxygens (including phenoxy) is 1. The fourth-order valence-electron chi connectivity index (χ4n) is 2.00. The van der Waals surface area contributed by atoms with E-state index in [2.05, 4.69) is 0 Å². The zero-order chi connectivity index (χ0) is 15.5. The lowest BCUT2D eigenvalue weighted by atomic mass is 10.0. The number of anilines is 1. The standard InChI is InChI=1S/C13H18N2O5/c1-5-14(13(2,3)12(16)17)9-6-7-10(15(18)19)11(8-9)20-4/h6-8H,5H2,1-4H3,(H,16,17). The monoisotopic (exact) mass is 282 g/mol. The predicted molar refractivity (Wildman–Crippen MR) is 74.4 cm³/mol. The molecular formula is C13H18N2O5. The van der Waals surface area contributed by atoms with Crippen LogP contribution in [0.15, 0.2) is 18.2 Å². The Hall–Kier alpha value is -2.31. The molecule has 20 heavy (non-hydrogen) atoms. The van der Waals surface area contributed by atoms with Gasteiger partial charge in [0.2, 0.25) is 0 Å². The van der Waals surface area contributed by atoms with Crippen LogP contribution in [-0.4, -0.2) is 35.2 Å². The summed E-state index contributed by atoms with van der Waals surface area (Å²) in [6.07, 6.45) is 0. The van der Waals surface area contributed by atoms with Gasteiger partial charge in [0.1, 0.15) is 5.54 Å². The zero-order valence-corrected chi connectivity index (χ0v) is 11.9. The number of nitrogens with zero attached hydrogens (tertiary/aromatic N) is 2. The van der Waals surface area contributed by atoms with Gasteiger partial charge in [0, 0.05) is 24.4 Å². The Bertz CT molecular complexity index is 527. The van der Waals surface area contributed by atoms with E-state index in [-0.39, 0.29) is 11.4 Å². The van der Waals surface area contributed by atoms with Crippen LogP contribution in [0.5, 0.6) is 5.75 Å². The highest BCUT2D eigenvalue weighted by Crippen LogP contribution is 2.33. The number of likely N-dealkylation sites (N-methyl/N-ethyl adjacent to an activating group) is 1. The van der Waals surface area contributed by atoms with Gasteiger partial charge in [-0.15, -0.1) is 0 Å². The topological polar surface area (TPSA) is 92.9 Å². The molecule has 7 heteroatoms. The summed E-state index contributed by atoms with van der Waals surface area (Å²) in [4.78, 5) is 23.3.